The van der Waals surface area contributed by atoms with Crippen LogP contribution >= 0.6 is 11.8 Å². The molecule has 0 saturated heterocycles. The number of carbonyl (C=O) groups excluding carboxylic acids is 1. The van der Waals surface area contributed by atoms with E-state index in [-0.39, 0.29) is 28.5 Å². The third kappa shape index (κ3) is 3.61. The first kappa shape index (κ1) is 19.5. The van der Waals surface area contributed by atoms with Crippen molar-refractivity contribution in [1.29, 1.82) is 0 Å². The van der Waals surface area contributed by atoms with Crippen molar-refractivity contribution >= 4 is 34.3 Å². The first-order chi connectivity index (χ1) is 15.1. The Morgan fingerprint density at radius 2 is 1.87 bits per heavy atom. The Bertz CT molecular complexity index is 1290. The number of thioether (sulfide) groups is 1. The van der Waals surface area contributed by atoms with Gasteiger partial charge in [0.2, 0.25) is 11.8 Å². The second-order valence-electron chi connectivity index (χ2n) is 7.34. The van der Waals surface area contributed by atoms with Crippen LogP contribution in [0.3, 0.4) is 0 Å². The summed E-state index contributed by atoms with van der Waals surface area (Å²) >= 11 is 1.19. The quantitative estimate of drug-likeness (QED) is 0.250. The summed E-state index contributed by atoms with van der Waals surface area (Å²) in [6, 6.07) is 13.9. The molecule has 0 fully saturated rings. The van der Waals surface area contributed by atoms with Gasteiger partial charge in [-0.1, -0.05) is 30.0 Å². The number of fused-ring (bicyclic) bond motifs is 3. The number of aryl methyl sites for hydroxylation is 1. The molecule has 2 aromatic heterocycles. The molecular weight excluding hydrogens is 416 g/mol. The van der Waals surface area contributed by atoms with Gasteiger partial charge in [-0.15, -0.1) is 10.2 Å². The predicted octanol–water partition coefficient (Wildman–Crippen LogP) is 4.91. The van der Waals surface area contributed by atoms with Gasteiger partial charge in [0.15, 0.2) is 0 Å². The highest BCUT2D eigenvalue weighted by Crippen LogP contribution is 2.33. The molecule has 0 aliphatic heterocycles. The van der Waals surface area contributed by atoms with E-state index in [1.54, 1.807) is 12.1 Å². The standard InChI is InChI=1S/C22H18N4O4S/c27-20(25-18-7-3-1-5-16(18)17-6-2-4-8-19(17)25)13-31-22-24-23-21(30-22)14-9-11-15(12-10-14)26(28)29/h1,3,5,7,9-12H,2,4,6,8,13H2. The zero-order chi connectivity index (χ0) is 21.4. The maximum absolute atomic E-state index is 13.1. The number of aromatic nitrogens is 3. The molecule has 4 aromatic rings. The maximum Gasteiger partial charge on any atom is 0.277 e. The normalized spacial score (nSPS) is 13.3. The number of hydrogen-bond acceptors (Lipinski definition) is 7. The summed E-state index contributed by atoms with van der Waals surface area (Å²) in [5.74, 6) is 0.417. The highest BCUT2D eigenvalue weighted by molar-refractivity contribution is 7.99. The lowest BCUT2D eigenvalue weighted by Crippen LogP contribution is -2.18. The van der Waals surface area contributed by atoms with E-state index in [4.69, 9.17) is 4.42 Å². The summed E-state index contributed by atoms with van der Waals surface area (Å²) in [4.78, 5) is 23.5. The molecule has 5 rings (SSSR count). The molecule has 0 N–H and O–H groups in total. The summed E-state index contributed by atoms with van der Waals surface area (Å²) in [7, 11) is 0. The van der Waals surface area contributed by atoms with Crippen LogP contribution in [0, 0.1) is 10.1 Å². The van der Waals surface area contributed by atoms with Crippen LogP contribution < -0.4 is 0 Å². The Balaban J connectivity index is 1.35. The van der Waals surface area contributed by atoms with Gasteiger partial charge in [-0.2, -0.15) is 0 Å². The van der Waals surface area contributed by atoms with Crippen molar-refractivity contribution in [2.45, 2.75) is 30.9 Å². The van der Waals surface area contributed by atoms with Gasteiger partial charge in [0.05, 0.1) is 16.2 Å². The fourth-order valence-corrected chi connectivity index (χ4v) is 4.69. The monoisotopic (exact) mass is 434 g/mol. The first-order valence-corrected chi connectivity index (χ1v) is 11.0. The van der Waals surface area contributed by atoms with E-state index in [0.717, 1.165) is 42.3 Å². The minimum atomic E-state index is -0.464. The second-order valence-corrected chi connectivity index (χ2v) is 8.27. The van der Waals surface area contributed by atoms with Crippen LogP contribution in [0.1, 0.15) is 28.9 Å². The molecule has 0 atom stereocenters. The number of carbonyl (C=O) groups is 1. The largest absolute Gasteiger partial charge is 0.411 e. The lowest BCUT2D eigenvalue weighted by atomic mass is 9.96. The number of hydrogen-bond donors (Lipinski definition) is 0. The summed E-state index contributed by atoms with van der Waals surface area (Å²) in [5.41, 5.74) is 3.94. The third-order valence-electron chi connectivity index (χ3n) is 5.48. The third-order valence-corrected chi connectivity index (χ3v) is 6.28. The second kappa shape index (κ2) is 7.99. The Kier molecular flexibility index (Phi) is 5.03. The van der Waals surface area contributed by atoms with Crippen LogP contribution in [0.4, 0.5) is 5.69 Å². The van der Waals surface area contributed by atoms with E-state index < -0.39 is 4.92 Å². The van der Waals surface area contributed by atoms with Crippen molar-refractivity contribution in [3.63, 3.8) is 0 Å². The lowest BCUT2D eigenvalue weighted by molar-refractivity contribution is -0.384. The molecule has 0 spiro atoms. The molecule has 156 valence electrons. The molecule has 0 bridgehead atoms. The summed E-state index contributed by atoms with van der Waals surface area (Å²) in [6.45, 7) is 0. The number of non-ortho nitro benzene ring substituents is 1. The van der Waals surface area contributed by atoms with E-state index in [1.807, 2.05) is 22.8 Å². The van der Waals surface area contributed by atoms with Crippen molar-refractivity contribution in [3.05, 3.63) is 69.9 Å². The molecular formula is C22H18N4O4S. The Hall–Kier alpha value is -3.46. The summed E-state index contributed by atoms with van der Waals surface area (Å²) < 4.78 is 7.50. The van der Waals surface area contributed by atoms with Gasteiger partial charge in [0.25, 0.3) is 10.9 Å². The molecule has 0 radical (unpaired) electrons. The number of nitrogens with zero attached hydrogens (tertiary/aromatic N) is 4. The van der Waals surface area contributed by atoms with E-state index in [0.29, 0.717) is 5.56 Å². The van der Waals surface area contributed by atoms with Gasteiger partial charge in [-0.05, 0) is 49.4 Å². The van der Waals surface area contributed by atoms with Crippen LogP contribution in [-0.4, -0.2) is 31.3 Å². The zero-order valence-corrected chi connectivity index (χ0v) is 17.3. The average molecular weight is 434 g/mol. The number of para-hydroxylation sites is 1. The zero-order valence-electron chi connectivity index (χ0n) is 16.5. The predicted molar refractivity (Wildman–Crippen MR) is 116 cm³/mol. The number of nitro benzene ring substituents is 1. The van der Waals surface area contributed by atoms with Crippen LogP contribution in [0.15, 0.2) is 58.2 Å². The van der Waals surface area contributed by atoms with Crippen LogP contribution in [0.2, 0.25) is 0 Å². The number of rotatable bonds is 5. The molecule has 2 heterocycles. The molecule has 0 amide bonds. The van der Waals surface area contributed by atoms with E-state index in [2.05, 4.69) is 16.3 Å². The summed E-state index contributed by atoms with van der Waals surface area (Å²) in [6.07, 6.45) is 4.15. The van der Waals surface area contributed by atoms with Crippen LogP contribution in [0.5, 0.6) is 0 Å². The van der Waals surface area contributed by atoms with Gasteiger partial charge in [-0.25, -0.2) is 0 Å². The fourth-order valence-electron chi connectivity index (χ4n) is 4.08. The number of benzene rings is 2. The van der Waals surface area contributed by atoms with E-state index in [1.165, 1.54) is 29.5 Å². The highest BCUT2D eigenvalue weighted by atomic mass is 32.2. The lowest BCUT2D eigenvalue weighted by Gasteiger charge is -2.14. The van der Waals surface area contributed by atoms with Crippen LogP contribution in [0.25, 0.3) is 22.4 Å². The van der Waals surface area contributed by atoms with Gasteiger partial charge >= 0.3 is 0 Å². The fraction of sp³-hybridized carbons (Fsp3) is 0.227. The van der Waals surface area contributed by atoms with Crippen molar-refractivity contribution < 1.29 is 14.1 Å². The molecule has 0 saturated carbocycles. The van der Waals surface area contributed by atoms with Crippen molar-refractivity contribution in [3.8, 4) is 11.5 Å². The first-order valence-electron chi connectivity index (χ1n) is 9.97. The maximum atomic E-state index is 13.1. The Morgan fingerprint density at radius 3 is 2.68 bits per heavy atom. The van der Waals surface area contributed by atoms with Crippen molar-refractivity contribution in [2.24, 2.45) is 0 Å². The van der Waals surface area contributed by atoms with Crippen molar-refractivity contribution in [1.82, 2.24) is 14.8 Å². The Labute approximate surface area is 181 Å². The van der Waals surface area contributed by atoms with Gasteiger partial charge < -0.3 is 4.42 Å². The molecule has 1 aliphatic rings. The van der Waals surface area contributed by atoms with E-state index in [9.17, 15) is 14.9 Å². The molecule has 0 unspecified atom stereocenters. The van der Waals surface area contributed by atoms with Gasteiger partial charge in [-0.3, -0.25) is 19.5 Å². The molecule has 9 heteroatoms. The van der Waals surface area contributed by atoms with Crippen molar-refractivity contribution in [2.75, 3.05) is 5.75 Å². The number of nitro groups is 1. The van der Waals surface area contributed by atoms with Crippen LogP contribution in [-0.2, 0) is 12.8 Å². The smallest absolute Gasteiger partial charge is 0.277 e. The summed E-state index contributed by atoms with van der Waals surface area (Å²) in [5, 5.41) is 20.2. The SMILES string of the molecule is O=C(CSc1nnc(-c2ccc([N+](=O)[O-])cc2)o1)n1c2c(c3ccccc31)CCCC2. The molecule has 31 heavy (non-hydrogen) atoms. The van der Waals surface area contributed by atoms with E-state index >= 15 is 0 Å². The topological polar surface area (TPSA) is 104 Å². The average Bonchev–Trinajstić information content (AvgIpc) is 3.40. The van der Waals surface area contributed by atoms with Gasteiger partial charge in [0.1, 0.15) is 0 Å². The minimum Gasteiger partial charge on any atom is -0.411 e. The molecule has 8 nitrogen and oxygen atoms in total. The molecule has 1 aliphatic carbocycles. The molecule has 2 aromatic carbocycles. The minimum absolute atomic E-state index is 0.00857. The Morgan fingerprint density at radius 1 is 1.10 bits per heavy atom. The highest BCUT2D eigenvalue weighted by Gasteiger charge is 2.23. The van der Waals surface area contributed by atoms with Gasteiger partial charge in [0, 0.05) is 28.8 Å².